The summed E-state index contributed by atoms with van der Waals surface area (Å²) in [6.07, 6.45) is 0. The molecule has 0 aliphatic rings. The molecular formula is C19H23N3O5S. The zero-order chi connectivity index (χ0) is 20.6. The first-order valence-electron chi connectivity index (χ1n) is 8.53. The smallest absolute Gasteiger partial charge is 0.328 e. The molecule has 1 aromatic heterocycles. The minimum Gasteiger partial charge on any atom is -0.497 e. The Labute approximate surface area is 163 Å². The quantitative estimate of drug-likeness (QED) is 0.624. The summed E-state index contributed by atoms with van der Waals surface area (Å²) in [5.41, 5.74) is 1.73. The molecule has 0 spiro atoms. The van der Waals surface area contributed by atoms with Crippen molar-refractivity contribution in [3.63, 3.8) is 0 Å². The number of nitrogens with zero attached hydrogens (tertiary/aromatic N) is 3. The summed E-state index contributed by atoms with van der Waals surface area (Å²) in [7, 11) is 4.09. The van der Waals surface area contributed by atoms with Crippen molar-refractivity contribution >= 4 is 21.1 Å². The van der Waals surface area contributed by atoms with Crippen molar-refractivity contribution in [1.29, 1.82) is 0 Å². The third-order valence-corrected chi connectivity index (χ3v) is 6.64. The highest BCUT2D eigenvalue weighted by atomic mass is 32.2. The van der Waals surface area contributed by atoms with Crippen molar-refractivity contribution < 1.29 is 17.9 Å². The van der Waals surface area contributed by atoms with Crippen molar-refractivity contribution in [2.45, 2.75) is 11.4 Å². The highest BCUT2D eigenvalue weighted by molar-refractivity contribution is 7.89. The molecule has 0 amide bonds. The van der Waals surface area contributed by atoms with E-state index in [-0.39, 0.29) is 17.1 Å². The maximum absolute atomic E-state index is 13.1. The van der Waals surface area contributed by atoms with E-state index in [2.05, 4.69) is 0 Å². The number of methoxy groups -OCH3 is 2. The lowest BCUT2D eigenvalue weighted by atomic mass is 10.2. The van der Waals surface area contributed by atoms with Crippen LogP contribution in [0.2, 0.25) is 0 Å². The molecule has 0 saturated carbocycles. The average molecular weight is 405 g/mol. The third kappa shape index (κ3) is 3.27. The Hall–Kier alpha value is -2.78. The molecule has 3 rings (SSSR count). The first-order chi connectivity index (χ1) is 13.2. The fourth-order valence-corrected chi connectivity index (χ4v) is 4.30. The number of fused-ring (bicyclic) bond motifs is 1. The number of aryl methyl sites for hydroxylation is 2. The SMILES string of the molecule is COc1ccc(CN(C)S(=O)(=O)c2ccc3c(c2)n(C)c(=O)n3C)c(OC)c1. The Bertz CT molecular complexity index is 1190. The van der Waals surface area contributed by atoms with E-state index in [9.17, 15) is 13.2 Å². The number of rotatable bonds is 6. The first-order valence-corrected chi connectivity index (χ1v) is 9.97. The van der Waals surface area contributed by atoms with Crippen molar-refractivity contribution in [2.75, 3.05) is 21.3 Å². The van der Waals surface area contributed by atoms with E-state index in [1.54, 1.807) is 45.5 Å². The molecule has 28 heavy (non-hydrogen) atoms. The summed E-state index contributed by atoms with van der Waals surface area (Å²) in [6, 6.07) is 9.91. The number of benzene rings is 2. The Morgan fingerprint density at radius 2 is 1.64 bits per heavy atom. The third-order valence-electron chi connectivity index (χ3n) is 4.84. The second kappa shape index (κ2) is 7.33. The highest BCUT2D eigenvalue weighted by Gasteiger charge is 2.23. The molecule has 0 N–H and O–H groups in total. The number of hydrogen-bond acceptors (Lipinski definition) is 5. The molecule has 0 aliphatic heterocycles. The summed E-state index contributed by atoms with van der Waals surface area (Å²) < 4.78 is 40.8. The molecule has 0 unspecified atom stereocenters. The highest BCUT2D eigenvalue weighted by Crippen LogP contribution is 2.27. The van der Waals surface area contributed by atoms with Crippen LogP contribution in [0.25, 0.3) is 11.0 Å². The van der Waals surface area contributed by atoms with Gasteiger partial charge in [-0.3, -0.25) is 9.13 Å². The maximum Gasteiger partial charge on any atom is 0.328 e. The van der Waals surface area contributed by atoms with Gasteiger partial charge >= 0.3 is 5.69 Å². The van der Waals surface area contributed by atoms with E-state index in [1.807, 2.05) is 0 Å². The first kappa shape index (κ1) is 20.0. The van der Waals surface area contributed by atoms with Crippen molar-refractivity contribution in [3.05, 3.63) is 52.4 Å². The summed E-state index contributed by atoms with van der Waals surface area (Å²) in [6.45, 7) is 0.126. The number of imidazole rings is 1. The number of ether oxygens (including phenoxy) is 2. The van der Waals surface area contributed by atoms with Gasteiger partial charge in [0.25, 0.3) is 0 Å². The van der Waals surface area contributed by atoms with Crippen molar-refractivity contribution in [2.24, 2.45) is 14.1 Å². The van der Waals surface area contributed by atoms with Gasteiger partial charge in [0.2, 0.25) is 10.0 Å². The van der Waals surface area contributed by atoms with Gasteiger partial charge in [-0.2, -0.15) is 4.31 Å². The molecule has 0 aliphatic carbocycles. The lowest BCUT2D eigenvalue weighted by Crippen LogP contribution is -2.26. The van der Waals surface area contributed by atoms with Crippen LogP contribution in [0.3, 0.4) is 0 Å². The summed E-state index contributed by atoms with van der Waals surface area (Å²) in [5.74, 6) is 1.17. The van der Waals surface area contributed by atoms with Crippen LogP contribution in [-0.2, 0) is 30.7 Å². The number of aromatic nitrogens is 2. The molecule has 8 nitrogen and oxygen atoms in total. The predicted molar refractivity (Wildman–Crippen MR) is 106 cm³/mol. The second-order valence-electron chi connectivity index (χ2n) is 6.49. The molecule has 0 fully saturated rings. The average Bonchev–Trinajstić information content (AvgIpc) is 2.92. The minimum absolute atomic E-state index is 0.121. The molecular weight excluding hydrogens is 382 g/mol. The van der Waals surface area contributed by atoms with Crippen LogP contribution >= 0.6 is 0 Å². The van der Waals surface area contributed by atoms with Crippen molar-refractivity contribution in [3.8, 4) is 11.5 Å². The van der Waals surface area contributed by atoms with Crippen LogP contribution in [-0.4, -0.2) is 43.1 Å². The zero-order valence-corrected chi connectivity index (χ0v) is 17.3. The normalized spacial score (nSPS) is 11.9. The van der Waals surface area contributed by atoms with Gasteiger partial charge in [0, 0.05) is 39.3 Å². The fourth-order valence-electron chi connectivity index (χ4n) is 3.13. The van der Waals surface area contributed by atoms with E-state index in [0.717, 1.165) is 0 Å². The van der Waals surface area contributed by atoms with Gasteiger partial charge in [-0.05, 0) is 24.3 Å². The fraction of sp³-hybridized carbons (Fsp3) is 0.316. The van der Waals surface area contributed by atoms with E-state index in [1.165, 1.54) is 39.7 Å². The second-order valence-corrected chi connectivity index (χ2v) is 8.53. The maximum atomic E-state index is 13.1. The predicted octanol–water partition coefficient (Wildman–Crippen LogP) is 1.71. The largest absolute Gasteiger partial charge is 0.497 e. The Kier molecular flexibility index (Phi) is 5.22. The van der Waals surface area contributed by atoms with Gasteiger partial charge < -0.3 is 9.47 Å². The molecule has 1 heterocycles. The van der Waals surface area contributed by atoms with Gasteiger partial charge in [0.15, 0.2) is 0 Å². The van der Waals surface area contributed by atoms with Gasteiger partial charge in [0.1, 0.15) is 11.5 Å². The molecule has 0 saturated heterocycles. The van der Waals surface area contributed by atoms with Crippen LogP contribution in [0.5, 0.6) is 11.5 Å². The topological polar surface area (TPSA) is 82.8 Å². The van der Waals surface area contributed by atoms with Gasteiger partial charge in [-0.1, -0.05) is 6.07 Å². The number of sulfonamides is 1. The monoisotopic (exact) mass is 405 g/mol. The van der Waals surface area contributed by atoms with Crippen LogP contribution in [0.1, 0.15) is 5.56 Å². The molecule has 150 valence electrons. The number of hydrogen-bond donors (Lipinski definition) is 0. The van der Waals surface area contributed by atoms with E-state index < -0.39 is 10.0 Å². The summed E-state index contributed by atoms with van der Waals surface area (Å²) in [4.78, 5) is 12.2. The van der Waals surface area contributed by atoms with E-state index in [0.29, 0.717) is 28.1 Å². The van der Waals surface area contributed by atoms with E-state index >= 15 is 0 Å². The standard InChI is InChI=1S/C19H23N3O5S/c1-20(12-13-6-7-14(26-4)10-18(13)27-5)28(24,25)15-8-9-16-17(11-15)22(3)19(23)21(16)2/h6-11H,12H2,1-5H3. The molecule has 0 bridgehead atoms. The molecule has 9 heteroatoms. The zero-order valence-electron chi connectivity index (χ0n) is 16.5. The van der Waals surface area contributed by atoms with Gasteiger partial charge in [-0.25, -0.2) is 13.2 Å². The minimum atomic E-state index is -3.77. The molecule has 0 radical (unpaired) electrons. The summed E-state index contributed by atoms with van der Waals surface area (Å²) >= 11 is 0. The van der Waals surface area contributed by atoms with Gasteiger partial charge in [-0.15, -0.1) is 0 Å². The van der Waals surface area contributed by atoms with Crippen LogP contribution < -0.4 is 15.2 Å². The van der Waals surface area contributed by atoms with Crippen molar-refractivity contribution in [1.82, 2.24) is 13.4 Å². The lowest BCUT2D eigenvalue weighted by Gasteiger charge is -2.19. The molecule has 3 aromatic rings. The Morgan fingerprint density at radius 1 is 0.964 bits per heavy atom. The summed E-state index contributed by atoms with van der Waals surface area (Å²) in [5, 5.41) is 0. The Balaban J connectivity index is 1.98. The van der Waals surface area contributed by atoms with Crippen LogP contribution in [0.15, 0.2) is 46.1 Å². The van der Waals surface area contributed by atoms with Crippen LogP contribution in [0, 0.1) is 0 Å². The lowest BCUT2D eigenvalue weighted by molar-refractivity contribution is 0.384. The Morgan fingerprint density at radius 3 is 2.29 bits per heavy atom. The molecule has 2 aromatic carbocycles. The van der Waals surface area contributed by atoms with Crippen LogP contribution in [0.4, 0.5) is 0 Å². The van der Waals surface area contributed by atoms with E-state index in [4.69, 9.17) is 9.47 Å². The molecule has 0 atom stereocenters. The van der Waals surface area contributed by atoms with Gasteiger partial charge in [0.05, 0.1) is 30.1 Å².